The Balaban J connectivity index is 2.02. The zero-order valence-corrected chi connectivity index (χ0v) is 9.71. The molecular formula is C11H22N2O2. The minimum absolute atomic E-state index is 0.00158. The van der Waals surface area contributed by atoms with E-state index in [2.05, 4.69) is 5.32 Å². The van der Waals surface area contributed by atoms with Crippen LogP contribution in [-0.4, -0.2) is 30.7 Å². The Morgan fingerprint density at radius 2 is 2.20 bits per heavy atom. The van der Waals surface area contributed by atoms with E-state index in [1.807, 2.05) is 13.8 Å². The molecule has 4 nitrogen and oxygen atoms in total. The van der Waals surface area contributed by atoms with Gasteiger partial charge in [0.05, 0.1) is 11.6 Å². The second kappa shape index (κ2) is 5.47. The first-order valence-corrected chi connectivity index (χ1v) is 5.73. The summed E-state index contributed by atoms with van der Waals surface area (Å²) in [6.07, 6.45) is 3.82. The average Bonchev–Trinajstić information content (AvgIpc) is 2.12. The summed E-state index contributed by atoms with van der Waals surface area (Å²) < 4.78 is 5.37. The van der Waals surface area contributed by atoms with Crippen LogP contribution in [0.2, 0.25) is 0 Å². The number of carbonyl (C=O) groups excluding carboxylic acids is 1. The molecule has 0 aromatic carbocycles. The van der Waals surface area contributed by atoms with Crippen molar-refractivity contribution in [2.75, 3.05) is 13.2 Å². The standard InChI is InChI=1S/C11H22N2O2/c1-9(2)15-8-4-7-13-10(14)11(12)5-3-6-11/h9H,3-8,12H2,1-2H3,(H,13,14). The van der Waals surface area contributed by atoms with Crippen LogP contribution in [-0.2, 0) is 9.53 Å². The summed E-state index contributed by atoms with van der Waals surface area (Å²) in [5.41, 5.74) is 5.30. The zero-order chi connectivity index (χ0) is 11.3. The molecule has 0 aliphatic heterocycles. The fraction of sp³-hybridized carbons (Fsp3) is 0.909. The molecule has 1 saturated carbocycles. The molecule has 0 spiro atoms. The van der Waals surface area contributed by atoms with Crippen molar-refractivity contribution in [1.29, 1.82) is 0 Å². The molecular weight excluding hydrogens is 192 g/mol. The molecule has 3 N–H and O–H groups in total. The maximum Gasteiger partial charge on any atom is 0.240 e. The van der Waals surface area contributed by atoms with E-state index in [-0.39, 0.29) is 12.0 Å². The van der Waals surface area contributed by atoms with Crippen LogP contribution < -0.4 is 11.1 Å². The van der Waals surface area contributed by atoms with E-state index in [1.54, 1.807) is 0 Å². The second-order valence-corrected chi connectivity index (χ2v) is 4.54. The van der Waals surface area contributed by atoms with Crippen molar-refractivity contribution in [1.82, 2.24) is 5.32 Å². The summed E-state index contributed by atoms with van der Waals surface area (Å²) in [6, 6.07) is 0. The highest BCUT2D eigenvalue weighted by Gasteiger charge is 2.39. The summed E-state index contributed by atoms with van der Waals surface area (Å²) in [5, 5.41) is 2.85. The number of hydrogen-bond donors (Lipinski definition) is 2. The second-order valence-electron chi connectivity index (χ2n) is 4.54. The first-order chi connectivity index (χ1) is 7.04. The molecule has 0 aromatic rings. The van der Waals surface area contributed by atoms with Crippen molar-refractivity contribution >= 4 is 5.91 Å². The SMILES string of the molecule is CC(C)OCCCNC(=O)C1(N)CCC1. The van der Waals surface area contributed by atoms with Crippen molar-refractivity contribution in [2.24, 2.45) is 5.73 Å². The maximum atomic E-state index is 11.6. The molecule has 1 amide bonds. The van der Waals surface area contributed by atoms with E-state index in [1.165, 1.54) is 0 Å². The Labute approximate surface area is 91.5 Å². The molecule has 0 saturated heterocycles. The van der Waals surface area contributed by atoms with Crippen LogP contribution in [0.5, 0.6) is 0 Å². The van der Waals surface area contributed by atoms with Gasteiger partial charge < -0.3 is 15.8 Å². The van der Waals surface area contributed by atoms with Crippen LogP contribution in [0.3, 0.4) is 0 Å². The van der Waals surface area contributed by atoms with Gasteiger partial charge in [0.25, 0.3) is 0 Å². The van der Waals surface area contributed by atoms with Gasteiger partial charge in [0.15, 0.2) is 0 Å². The van der Waals surface area contributed by atoms with Crippen LogP contribution >= 0.6 is 0 Å². The van der Waals surface area contributed by atoms with Crippen molar-refractivity contribution in [3.8, 4) is 0 Å². The van der Waals surface area contributed by atoms with Gasteiger partial charge in [-0.25, -0.2) is 0 Å². The lowest BCUT2D eigenvalue weighted by atomic mass is 9.77. The van der Waals surface area contributed by atoms with Crippen LogP contribution in [0.4, 0.5) is 0 Å². The Morgan fingerprint density at radius 3 is 2.67 bits per heavy atom. The van der Waals surface area contributed by atoms with E-state index < -0.39 is 5.54 Å². The molecule has 1 fully saturated rings. The molecule has 1 rings (SSSR count). The quantitative estimate of drug-likeness (QED) is 0.643. The topological polar surface area (TPSA) is 64.3 Å². The average molecular weight is 214 g/mol. The number of nitrogens with two attached hydrogens (primary N) is 1. The lowest BCUT2D eigenvalue weighted by molar-refractivity contribution is -0.129. The first kappa shape index (κ1) is 12.5. The fourth-order valence-corrected chi connectivity index (χ4v) is 1.55. The summed E-state index contributed by atoms with van der Waals surface area (Å²) in [5.74, 6) is -0.00158. The molecule has 0 aromatic heterocycles. The largest absolute Gasteiger partial charge is 0.379 e. The molecule has 1 aliphatic carbocycles. The van der Waals surface area contributed by atoms with Gasteiger partial charge in [-0.15, -0.1) is 0 Å². The lowest BCUT2D eigenvalue weighted by Crippen LogP contribution is -2.58. The van der Waals surface area contributed by atoms with Gasteiger partial charge in [0.2, 0.25) is 5.91 Å². The van der Waals surface area contributed by atoms with Crippen LogP contribution in [0.15, 0.2) is 0 Å². The highest BCUT2D eigenvalue weighted by atomic mass is 16.5. The van der Waals surface area contributed by atoms with E-state index in [9.17, 15) is 4.79 Å². The van der Waals surface area contributed by atoms with E-state index in [0.29, 0.717) is 13.2 Å². The number of amides is 1. The molecule has 0 radical (unpaired) electrons. The molecule has 0 bridgehead atoms. The monoisotopic (exact) mass is 214 g/mol. The smallest absolute Gasteiger partial charge is 0.240 e. The number of ether oxygens (including phenoxy) is 1. The predicted octanol–water partition coefficient (Wildman–Crippen LogP) is 0.799. The van der Waals surface area contributed by atoms with E-state index in [0.717, 1.165) is 25.7 Å². The maximum absolute atomic E-state index is 11.6. The Kier molecular flexibility index (Phi) is 4.54. The molecule has 4 heteroatoms. The first-order valence-electron chi connectivity index (χ1n) is 5.73. The third-order valence-electron chi connectivity index (χ3n) is 2.76. The van der Waals surface area contributed by atoms with E-state index in [4.69, 9.17) is 10.5 Å². The summed E-state index contributed by atoms with van der Waals surface area (Å²) >= 11 is 0. The fourth-order valence-electron chi connectivity index (χ4n) is 1.55. The van der Waals surface area contributed by atoms with Gasteiger partial charge in [0, 0.05) is 13.2 Å². The van der Waals surface area contributed by atoms with E-state index >= 15 is 0 Å². The molecule has 15 heavy (non-hydrogen) atoms. The molecule has 1 aliphatic rings. The molecule has 0 unspecified atom stereocenters. The van der Waals surface area contributed by atoms with Crippen molar-refractivity contribution in [3.63, 3.8) is 0 Å². The lowest BCUT2D eigenvalue weighted by Gasteiger charge is -2.36. The van der Waals surface area contributed by atoms with Gasteiger partial charge in [-0.1, -0.05) is 0 Å². The third kappa shape index (κ3) is 3.80. The molecule has 0 atom stereocenters. The predicted molar refractivity (Wildman–Crippen MR) is 59.5 cm³/mol. The van der Waals surface area contributed by atoms with Gasteiger partial charge >= 0.3 is 0 Å². The normalized spacial score (nSPS) is 18.7. The summed E-state index contributed by atoms with van der Waals surface area (Å²) in [7, 11) is 0. The number of rotatable bonds is 6. The van der Waals surface area contributed by atoms with Crippen LogP contribution in [0.25, 0.3) is 0 Å². The number of hydrogen-bond acceptors (Lipinski definition) is 3. The number of nitrogens with one attached hydrogen (secondary N) is 1. The summed E-state index contributed by atoms with van der Waals surface area (Å²) in [4.78, 5) is 11.6. The van der Waals surface area contributed by atoms with Gasteiger partial charge in [-0.3, -0.25) is 4.79 Å². The highest BCUT2D eigenvalue weighted by molar-refractivity contribution is 5.86. The van der Waals surface area contributed by atoms with Gasteiger partial charge in [-0.2, -0.15) is 0 Å². The molecule has 88 valence electrons. The van der Waals surface area contributed by atoms with Gasteiger partial charge in [-0.05, 0) is 39.5 Å². The number of carbonyl (C=O) groups is 1. The highest BCUT2D eigenvalue weighted by Crippen LogP contribution is 2.28. The minimum Gasteiger partial charge on any atom is -0.379 e. The Morgan fingerprint density at radius 1 is 1.53 bits per heavy atom. The Bertz CT molecular complexity index is 213. The van der Waals surface area contributed by atoms with Crippen molar-refractivity contribution in [3.05, 3.63) is 0 Å². The van der Waals surface area contributed by atoms with Gasteiger partial charge in [0.1, 0.15) is 0 Å². The van der Waals surface area contributed by atoms with Crippen molar-refractivity contribution < 1.29 is 9.53 Å². The van der Waals surface area contributed by atoms with Crippen LogP contribution in [0, 0.1) is 0 Å². The third-order valence-corrected chi connectivity index (χ3v) is 2.76. The van der Waals surface area contributed by atoms with Crippen molar-refractivity contribution in [2.45, 2.75) is 51.2 Å². The van der Waals surface area contributed by atoms with Crippen LogP contribution in [0.1, 0.15) is 39.5 Å². The minimum atomic E-state index is -0.571. The molecule has 0 heterocycles. The Hall–Kier alpha value is -0.610. The zero-order valence-electron chi connectivity index (χ0n) is 9.71. The summed E-state index contributed by atoms with van der Waals surface area (Å²) in [6.45, 7) is 5.35.